The molecule has 0 aromatic carbocycles. The van der Waals surface area contributed by atoms with E-state index in [0.29, 0.717) is 19.6 Å². The lowest BCUT2D eigenvalue weighted by Gasteiger charge is -2.25. The van der Waals surface area contributed by atoms with Crippen molar-refractivity contribution in [2.75, 3.05) is 26.2 Å². The minimum Gasteiger partial charge on any atom is -0.512 e. The number of nitrogens with one attached hydrogen (secondary N) is 1. The monoisotopic (exact) mass is 156 g/mol. The number of piperazine rings is 1. The predicted octanol–water partition coefficient (Wildman–Crippen LogP) is -0.510. The lowest BCUT2D eigenvalue weighted by Crippen LogP contribution is -2.48. The van der Waals surface area contributed by atoms with Gasteiger partial charge in [-0.15, -0.1) is 0 Å². The first-order valence-electron chi connectivity index (χ1n) is 3.54. The van der Waals surface area contributed by atoms with Crippen LogP contribution in [0.25, 0.3) is 0 Å². The van der Waals surface area contributed by atoms with E-state index in [2.05, 4.69) is 11.9 Å². The van der Waals surface area contributed by atoms with Crippen LogP contribution in [0.15, 0.2) is 12.3 Å². The maximum Gasteiger partial charge on any atom is 0.234 e. The fourth-order valence-corrected chi connectivity index (χ4v) is 1.08. The van der Waals surface area contributed by atoms with Crippen molar-refractivity contribution < 1.29 is 9.90 Å². The highest BCUT2D eigenvalue weighted by Gasteiger charge is 2.15. The molecule has 0 aromatic rings. The Bertz CT molecular complexity index is 177. The van der Waals surface area contributed by atoms with Gasteiger partial charge in [0.2, 0.25) is 5.91 Å². The average molecular weight is 156 g/mol. The van der Waals surface area contributed by atoms with Crippen LogP contribution >= 0.6 is 0 Å². The fraction of sp³-hybridized carbons (Fsp3) is 0.571. The number of amides is 1. The van der Waals surface area contributed by atoms with E-state index in [1.807, 2.05) is 4.90 Å². The smallest absolute Gasteiger partial charge is 0.234 e. The summed E-state index contributed by atoms with van der Waals surface area (Å²) in [5.74, 6) is 0.122. The normalized spacial score (nSPS) is 19.5. The van der Waals surface area contributed by atoms with Crippen LogP contribution in [0.4, 0.5) is 0 Å². The third-order valence-corrected chi connectivity index (χ3v) is 1.52. The number of carbonyl (C=O) groups excluding carboxylic acids is 1. The Labute approximate surface area is 65.5 Å². The van der Waals surface area contributed by atoms with Gasteiger partial charge in [0.1, 0.15) is 0 Å². The summed E-state index contributed by atoms with van der Waals surface area (Å²) < 4.78 is 0. The van der Waals surface area contributed by atoms with Gasteiger partial charge in [0.05, 0.1) is 18.8 Å². The number of nitrogens with zero attached hydrogens (tertiary/aromatic N) is 1. The molecule has 1 heterocycles. The predicted molar refractivity (Wildman–Crippen MR) is 41.2 cm³/mol. The highest BCUT2D eigenvalue weighted by atomic mass is 16.3. The summed E-state index contributed by atoms with van der Waals surface area (Å²) in [6.07, 6.45) is 0. The first-order valence-corrected chi connectivity index (χ1v) is 3.54. The van der Waals surface area contributed by atoms with E-state index in [1.54, 1.807) is 0 Å². The van der Waals surface area contributed by atoms with Crippen LogP contribution in [-0.4, -0.2) is 42.1 Å². The van der Waals surface area contributed by atoms with Gasteiger partial charge in [-0.3, -0.25) is 9.69 Å². The third-order valence-electron chi connectivity index (χ3n) is 1.52. The summed E-state index contributed by atoms with van der Waals surface area (Å²) in [4.78, 5) is 12.6. The topological polar surface area (TPSA) is 52.6 Å². The molecule has 0 bridgehead atoms. The SMILES string of the molecule is C=C(O)CN1CCNC(=O)C1. The summed E-state index contributed by atoms with van der Waals surface area (Å²) in [6.45, 7) is 5.56. The molecule has 62 valence electrons. The van der Waals surface area contributed by atoms with E-state index >= 15 is 0 Å². The Morgan fingerprint density at radius 1 is 1.82 bits per heavy atom. The molecule has 1 saturated heterocycles. The molecule has 0 atom stereocenters. The first-order chi connectivity index (χ1) is 5.18. The Hall–Kier alpha value is -1.03. The number of aliphatic hydroxyl groups is 1. The molecule has 11 heavy (non-hydrogen) atoms. The summed E-state index contributed by atoms with van der Waals surface area (Å²) in [7, 11) is 0. The minimum atomic E-state index is 0.0116. The van der Waals surface area contributed by atoms with Crippen LogP contribution in [0.2, 0.25) is 0 Å². The molecule has 0 aliphatic carbocycles. The molecule has 0 aromatic heterocycles. The molecule has 0 unspecified atom stereocenters. The molecule has 1 rings (SSSR count). The van der Waals surface area contributed by atoms with Gasteiger partial charge in [0.25, 0.3) is 0 Å². The Kier molecular flexibility index (Phi) is 2.48. The van der Waals surface area contributed by atoms with Crippen molar-refractivity contribution in [2.24, 2.45) is 0 Å². The quantitative estimate of drug-likeness (QED) is 0.529. The molecular weight excluding hydrogens is 144 g/mol. The van der Waals surface area contributed by atoms with E-state index in [-0.39, 0.29) is 11.7 Å². The summed E-state index contributed by atoms with van der Waals surface area (Å²) >= 11 is 0. The second-order valence-corrected chi connectivity index (χ2v) is 2.63. The van der Waals surface area contributed by atoms with Crippen molar-refractivity contribution in [3.63, 3.8) is 0 Å². The lowest BCUT2D eigenvalue weighted by atomic mass is 10.3. The maximum atomic E-state index is 10.8. The van der Waals surface area contributed by atoms with Gasteiger partial charge in [-0.05, 0) is 0 Å². The van der Waals surface area contributed by atoms with Crippen LogP contribution < -0.4 is 5.32 Å². The molecule has 1 aliphatic heterocycles. The molecule has 0 spiro atoms. The zero-order valence-electron chi connectivity index (χ0n) is 6.34. The molecule has 4 heteroatoms. The summed E-state index contributed by atoms with van der Waals surface area (Å²) in [5.41, 5.74) is 0. The molecule has 1 aliphatic rings. The van der Waals surface area contributed by atoms with Crippen LogP contribution in [-0.2, 0) is 4.79 Å². The molecule has 0 saturated carbocycles. The fourth-order valence-electron chi connectivity index (χ4n) is 1.08. The number of hydrogen-bond acceptors (Lipinski definition) is 3. The van der Waals surface area contributed by atoms with Gasteiger partial charge in [0, 0.05) is 13.1 Å². The lowest BCUT2D eigenvalue weighted by molar-refractivity contribution is -0.124. The average Bonchev–Trinajstić information content (AvgIpc) is 1.85. The molecule has 1 amide bonds. The highest BCUT2D eigenvalue weighted by Crippen LogP contribution is 1.95. The van der Waals surface area contributed by atoms with Crippen molar-refractivity contribution in [3.8, 4) is 0 Å². The van der Waals surface area contributed by atoms with E-state index in [1.165, 1.54) is 0 Å². The van der Waals surface area contributed by atoms with Crippen LogP contribution in [0.1, 0.15) is 0 Å². The molecular formula is C7H12N2O2. The van der Waals surface area contributed by atoms with Gasteiger partial charge in [-0.2, -0.15) is 0 Å². The number of carbonyl (C=O) groups is 1. The van der Waals surface area contributed by atoms with Crippen molar-refractivity contribution >= 4 is 5.91 Å². The second kappa shape index (κ2) is 3.39. The van der Waals surface area contributed by atoms with Gasteiger partial charge in [0.15, 0.2) is 0 Å². The Morgan fingerprint density at radius 2 is 2.55 bits per heavy atom. The van der Waals surface area contributed by atoms with Crippen LogP contribution in [0.3, 0.4) is 0 Å². The van der Waals surface area contributed by atoms with E-state index < -0.39 is 0 Å². The molecule has 4 nitrogen and oxygen atoms in total. The maximum absolute atomic E-state index is 10.8. The summed E-state index contributed by atoms with van der Waals surface area (Å²) in [5, 5.41) is 11.5. The van der Waals surface area contributed by atoms with Crippen molar-refractivity contribution in [2.45, 2.75) is 0 Å². The number of rotatable bonds is 2. The third kappa shape index (κ3) is 2.59. The highest BCUT2D eigenvalue weighted by molar-refractivity contribution is 5.78. The van der Waals surface area contributed by atoms with Gasteiger partial charge < -0.3 is 10.4 Å². The van der Waals surface area contributed by atoms with Crippen molar-refractivity contribution in [1.29, 1.82) is 0 Å². The molecule has 1 fully saturated rings. The van der Waals surface area contributed by atoms with Crippen LogP contribution in [0, 0.1) is 0 Å². The zero-order valence-corrected chi connectivity index (χ0v) is 6.34. The van der Waals surface area contributed by atoms with Crippen molar-refractivity contribution in [1.82, 2.24) is 10.2 Å². The Morgan fingerprint density at radius 3 is 3.09 bits per heavy atom. The van der Waals surface area contributed by atoms with Gasteiger partial charge in [-0.1, -0.05) is 6.58 Å². The van der Waals surface area contributed by atoms with E-state index in [9.17, 15) is 4.79 Å². The van der Waals surface area contributed by atoms with Crippen LogP contribution in [0.5, 0.6) is 0 Å². The van der Waals surface area contributed by atoms with E-state index in [0.717, 1.165) is 6.54 Å². The molecule has 0 radical (unpaired) electrons. The summed E-state index contributed by atoms with van der Waals surface area (Å²) in [6, 6.07) is 0. The number of aliphatic hydroxyl groups excluding tert-OH is 1. The first kappa shape index (κ1) is 8.07. The molecule has 2 N–H and O–H groups in total. The standard InChI is InChI=1S/C7H12N2O2/c1-6(10)4-9-3-2-8-7(11)5-9/h10H,1-5H2,(H,8,11). The zero-order chi connectivity index (χ0) is 8.27. The van der Waals surface area contributed by atoms with Gasteiger partial charge in [-0.25, -0.2) is 0 Å². The number of hydrogen-bond donors (Lipinski definition) is 2. The second-order valence-electron chi connectivity index (χ2n) is 2.63. The minimum absolute atomic E-state index is 0.0116. The largest absolute Gasteiger partial charge is 0.512 e. The van der Waals surface area contributed by atoms with Gasteiger partial charge >= 0.3 is 0 Å². The van der Waals surface area contributed by atoms with Crippen molar-refractivity contribution in [3.05, 3.63) is 12.3 Å². The Balaban J connectivity index is 2.34. The van der Waals surface area contributed by atoms with E-state index in [4.69, 9.17) is 5.11 Å².